The van der Waals surface area contributed by atoms with Crippen molar-refractivity contribution in [1.82, 2.24) is 19.0 Å². The van der Waals surface area contributed by atoms with E-state index in [9.17, 15) is 4.79 Å². The Morgan fingerprint density at radius 2 is 1.80 bits per heavy atom. The highest BCUT2D eigenvalue weighted by atomic mass is 32.1. The van der Waals surface area contributed by atoms with E-state index in [2.05, 4.69) is 71.1 Å². The van der Waals surface area contributed by atoms with E-state index in [4.69, 9.17) is 14.5 Å². The van der Waals surface area contributed by atoms with Gasteiger partial charge in [0, 0.05) is 38.6 Å². The van der Waals surface area contributed by atoms with Gasteiger partial charge in [0.1, 0.15) is 5.60 Å². The molecule has 0 aliphatic carbocycles. The molecule has 41 heavy (non-hydrogen) atoms. The van der Waals surface area contributed by atoms with Crippen LogP contribution in [0.15, 0.2) is 48.0 Å². The molecule has 5 rings (SSSR count). The molecule has 7 nitrogen and oxygen atoms in total. The van der Waals surface area contributed by atoms with Crippen molar-refractivity contribution in [3.8, 4) is 11.5 Å². The van der Waals surface area contributed by atoms with Gasteiger partial charge in [0.25, 0.3) is 0 Å². The smallest absolute Gasteiger partial charge is 0.410 e. The Hall–Kier alpha value is -3.10. The number of imidazole rings is 1. The summed E-state index contributed by atoms with van der Waals surface area (Å²) in [5.74, 6) is 1.07. The number of likely N-dealkylation sites (tertiary alicyclic amines) is 1. The molecule has 1 fully saturated rings. The molecule has 4 aromatic rings. The van der Waals surface area contributed by atoms with Crippen molar-refractivity contribution in [3.63, 3.8) is 0 Å². The number of aromatic nitrogens is 3. The lowest BCUT2D eigenvalue weighted by atomic mass is 10.1. The van der Waals surface area contributed by atoms with Crippen LogP contribution in [0.3, 0.4) is 0 Å². The molecule has 0 atom stereocenters. The number of piperidine rings is 1. The molecule has 1 aromatic carbocycles. The number of hydrogen-bond acceptors (Lipinski definition) is 5. The van der Waals surface area contributed by atoms with E-state index >= 15 is 0 Å². The average molecular weight is 577 g/mol. The Labute approximate surface area is 248 Å². The lowest BCUT2D eigenvalue weighted by Gasteiger charge is -2.33. The summed E-state index contributed by atoms with van der Waals surface area (Å²) in [6.45, 7) is 10.9. The normalized spacial score (nSPS) is 14.7. The summed E-state index contributed by atoms with van der Waals surface area (Å²) in [5, 5.41) is 2.15. The van der Waals surface area contributed by atoms with Crippen LogP contribution in [0.4, 0.5) is 4.79 Å². The molecule has 1 aliphatic heterocycles. The Kier molecular flexibility index (Phi) is 9.19. The van der Waals surface area contributed by atoms with E-state index in [-0.39, 0.29) is 12.2 Å². The quantitative estimate of drug-likeness (QED) is 0.195. The van der Waals surface area contributed by atoms with Crippen molar-refractivity contribution in [2.24, 2.45) is 7.05 Å². The summed E-state index contributed by atoms with van der Waals surface area (Å²) in [6, 6.07) is 13.3. The molecule has 0 radical (unpaired) electrons. The average Bonchev–Trinajstić information content (AvgIpc) is 3.64. The van der Waals surface area contributed by atoms with Crippen LogP contribution >= 0.6 is 11.3 Å². The maximum Gasteiger partial charge on any atom is 0.410 e. The first-order valence-corrected chi connectivity index (χ1v) is 15.8. The molecule has 8 heteroatoms. The van der Waals surface area contributed by atoms with Crippen LogP contribution in [-0.4, -0.2) is 49.9 Å². The highest BCUT2D eigenvalue weighted by Gasteiger charge is 2.27. The number of fused-ring (bicyclic) bond motifs is 1. The van der Waals surface area contributed by atoms with E-state index in [0.717, 1.165) is 50.9 Å². The summed E-state index contributed by atoms with van der Waals surface area (Å²) in [5.41, 5.74) is 5.85. The van der Waals surface area contributed by atoms with Gasteiger partial charge in [-0.15, -0.1) is 11.3 Å². The van der Waals surface area contributed by atoms with Gasteiger partial charge in [-0.2, -0.15) is 0 Å². The van der Waals surface area contributed by atoms with E-state index < -0.39 is 5.60 Å². The van der Waals surface area contributed by atoms with Crippen LogP contribution in [0, 0.1) is 0 Å². The van der Waals surface area contributed by atoms with Gasteiger partial charge in [-0.1, -0.05) is 37.6 Å². The van der Waals surface area contributed by atoms with Gasteiger partial charge in [-0.05, 0) is 81.5 Å². The summed E-state index contributed by atoms with van der Waals surface area (Å²) < 4.78 is 17.7. The molecule has 1 aliphatic rings. The van der Waals surface area contributed by atoms with E-state index in [1.165, 1.54) is 32.7 Å². The molecule has 3 aromatic heterocycles. The number of rotatable bonds is 10. The van der Waals surface area contributed by atoms with Crippen LogP contribution in [-0.2, 0) is 42.5 Å². The Balaban J connectivity index is 1.11. The number of benzene rings is 1. The Bertz CT molecular complexity index is 1440. The van der Waals surface area contributed by atoms with Crippen LogP contribution in [0.25, 0.3) is 21.7 Å². The van der Waals surface area contributed by atoms with Crippen molar-refractivity contribution in [1.29, 1.82) is 0 Å². The number of thiophene rings is 1. The van der Waals surface area contributed by atoms with Gasteiger partial charge in [0.15, 0.2) is 5.82 Å². The van der Waals surface area contributed by atoms with Crippen molar-refractivity contribution in [2.75, 3.05) is 13.1 Å². The number of aryl methyl sites for hydroxylation is 3. The molecule has 0 spiro atoms. The highest BCUT2D eigenvalue weighted by Crippen LogP contribution is 2.31. The van der Waals surface area contributed by atoms with Crippen LogP contribution in [0.1, 0.15) is 70.2 Å². The van der Waals surface area contributed by atoms with Crippen LogP contribution in [0.5, 0.6) is 0 Å². The number of nitrogens with zero attached hydrogens (tertiary/aromatic N) is 4. The maximum absolute atomic E-state index is 12.3. The predicted octanol–water partition coefficient (Wildman–Crippen LogP) is 7.60. The van der Waals surface area contributed by atoms with Crippen LogP contribution < -0.4 is 0 Å². The van der Waals surface area contributed by atoms with E-state index in [1.54, 1.807) is 16.2 Å². The monoisotopic (exact) mass is 576 g/mol. The number of hydrogen-bond donors (Lipinski definition) is 0. The first-order chi connectivity index (χ1) is 19.7. The first kappa shape index (κ1) is 29.4. The number of carbonyl (C=O) groups is 1. The Morgan fingerprint density at radius 1 is 1.07 bits per heavy atom. The first-order valence-electron chi connectivity index (χ1n) is 15.0. The highest BCUT2D eigenvalue weighted by molar-refractivity contribution is 7.17. The van der Waals surface area contributed by atoms with Crippen molar-refractivity contribution >= 4 is 27.6 Å². The molecule has 0 saturated carbocycles. The molecule has 0 N–H and O–H groups in total. The molecule has 1 saturated heterocycles. The molecule has 1 amide bonds. The minimum Gasteiger partial charge on any atom is -0.444 e. The third kappa shape index (κ3) is 7.22. The summed E-state index contributed by atoms with van der Waals surface area (Å²) in [7, 11) is 2.14. The summed E-state index contributed by atoms with van der Waals surface area (Å²) in [6.07, 6.45) is 7.94. The van der Waals surface area contributed by atoms with Gasteiger partial charge in [0.2, 0.25) is 0 Å². The number of carbonyl (C=O) groups excluding carboxylic acids is 1. The fourth-order valence-electron chi connectivity index (χ4n) is 5.57. The fraction of sp³-hybridized carbons (Fsp3) is 0.515. The number of amides is 1. The standard InChI is InChI=1S/C33H44N4O3S/c1-6-8-26-22-34-31(29-21-30-28(35(29)5)16-20-41-30)37(26)17-7-9-24-10-12-25(13-11-24)23-39-27-14-18-36(19-15-27)32(38)40-33(2,3)4/h10-13,16,20-22,27H,6-9,14-15,17-19,23H2,1-5H3. The molecule has 0 unspecified atom stereocenters. The minimum absolute atomic E-state index is 0.176. The second-order valence-electron chi connectivity index (χ2n) is 12.1. The van der Waals surface area contributed by atoms with Gasteiger partial charge in [-0.25, -0.2) is 9.78 Å². The maximum atomic E-state index is 12.3. The lowest BCUT2D eigenvalue weighted by molar-refractivity contribution is -0.0170. The zero-order valence-electron chi connectivity index (χ0n) is 25.2. The zero-order chi connectivity index (χ0) is 29.0. The molecular formula is C33H44N4O3S. The second kappa shape index (κ2) is 12.8. The minimum atomic E-state index is -0.462. The fourth-order valence-corrected chi connectivity index (χ4v) is 6.42. The van der Waals surface area contributed by atoms with E-state index in [0.29, 0.717) is 19.7 Å². The molecule has 4 heterocycles. The van der Waals surface area contributed by atoms with Crippen molar-refractivity contribution in [3.05, 3.63) is 64.8 Å². The lowest BCUT2D eigenvalue weighted by Crippen LogP contribution is -2.43. The topological polar surface area (TPSA) is 61.5 Å². The van der Waals surface area contributed by atoms with Gasteiger partial charge in [0.05, 0.1) is 28.6 Å². The number of ether oxygens (including phenoxy) is 2. The Morgan fingerprint density at radius 3 is 2.49 bits per heavy atom. The third-order valence-electron chi connectivity index (χ3n) is 7.79. The van der Waals surface area contributed by atoms with Gasteiger partial charge < -0.3 is 23.5 Å². The molecule has 0 bridgehead atoms. The molecule has 220 valence electrons. The molecular weight excluding hydrogens is 532 g/mol. The largest absolute Gasteiger partial charge is 0.444 e. The van der Waals surface area contributed by atoms with Crippen LogP contribution in [0.2, 0.25) is 0 Å². The van der Waals surface area contributed by atoms with Gasteiger partial charge in [-0.3, -0.25) is 0 Å². The SMILES string of the molecule is CCCc1cnc(-c2cc3sccc3n2C)n1CCCc1ccc(COC2CCN(C(=O)OC(C)(C)C)CC2)cc1. The zero-order valence-corrected chi connectivity index (χ0v) is 26.0. The summed E-state index contributed by atoms with van der Waals surface area (Å²) >= 11 is 1.78. The third-order valence-corrected chi connectivity index (χ3v) is 8.64. The summed E-state index contributed by atoms with van der Waals surface area (Å²) in [4.78, 5) is 19.0. The van der Waals surface area contributed by atoms with Crippen molar-refractivity contribution < 1.29 is 14.3 Å². The predicted molar refractivity (Wildman–Crippen MR) is 166 cm³/mol. The second-order valence-corrected chi connectivity index (χ2v) is 13.1. The van der Waals surface area contributed by atoms with E-state index in [1.807, 2.05) is 20.8 Å². The van der Waals surface area contributed by atoms with Crippen molar-refractivity contribution in [2.45, 2.75) is 91.1 Å². The van der Waals surface area contributed by atoms with Gasteiger partial charge >= 0.3 is 6.09 Å².